The molecule has 2 aliphatic heterocycles. The van der Waals surface area contributed by atoms with Crippen LogP contribution in [-0.4, -0.2) is 90.7 Å². The zero-order chi connectivity index (χ0) is 26.7. The molecule has 0 spiro atoms. The molecule has 39 heavy (non-hydrogen) atoms. The van der Waals surface area contributed by atoms with E-state index < -0.39 is 0 Å². The molecule has 4 saturated carbocycles. The van der Waals surface area contributed by atoms with Crippen LogP contribution < -0.4 is 17.0 Å². The van der Waals surface area contributed by atoms with Gasteiger partial charge in [-0.25, -0.2) is 0 Å². The molecule has 4 aliphatic carbocycles. The zero-order valence-corrected chi connectivity index (χ0v) is 26.2. The van der Waals surface area contributed by atoms with Crippen molar-refractivity contribution in [1.29, 1.82) is 0 Å². The maximum Gasteiger partial charge on any atom is 0.303 e. The molecule has 7 heteroatoms. The van der Waals surface area contributed by atoms with E-state index in [9.17, 15) is 9.90 Å². The number of quaternary nitrogens is 1. The van der Waals surface area contributed by atoms with E-state index >= 15 is 0 Å². The molecule has 10 atom stereocenters. The normalized spacial score (nSPS) is 47.3. The number of rotatable bonds is 5. The number of aliphatic hydroxyl groups is 1. The van der Waals surface area contributed by atoms with Crippen molar-refractivity contribution in [3.05, 3.63) is 12.7 Å². The van der Waals surface area contributed by atoms with Gasteiger partial charge in [0.25, 0.3) is 0 Å². The van der Waals surface area contributed by atoms with Gasteiger partial charge in [0.15, 0.2) is 6.10 Å². The third-order valence-electron chi connectivity index (χ3n) is 13.1. The lowest BCUT2D eigenvalue weighted by Crippen LogP contribution is -3.00. The molecular weight excluding hydrogens is 556 g/mol. The summed E-state index contributed by atoms with van der Waals surface area (Å²) < 4.78 is 13.1. The minimum Gasteiger partial charge on any atom is -1.00 e. The molecule has 0 aromatic rings. The molecule has 2 heterocycles. The maximum absolute atomic E-state index is 12.5. The third-order valence-corrected chi connectivity index (χ3v) is 13.1. The minimum absolute atomic E-state index is 0. The standard InChI is InChI=1S/C32H53N2O4.BrH/c1-5-14-34(15-6-7-16-34)28-20-26-24-9-8-23-19-29(36)27(33-12-17-37-18-13-33)21-32(23,4)25(24)10-11-31(26,3)30(28)38-22(2)35;/h5,23-30,36H,1,6-21H2,2-4H3;1H/q+1;/p-1/t23?,24?,25?,26?,27?,28?,29?,30?,31-,32-;/m0./s1. The van der Waals surface area contributed by atoms with Crippen LogP contribution in [0.2, 0.25) is 0 Å². The smallest absolute Gasteiger partial charge is 0.303 e. The summed E-state index contributed by atoms with van der Waals surface area (Å²) in [6.45, 7) is 17.7. The molecule has 2 saturated heterocycles. The molecule has 8 unspecified atom stereocenters. The number of esters is 1. The van der Waals surface area contributed by atoms with Gasteiger partial charge in [-0.15, -0.1) is 0 Å². The van der Waals surface area contributed by atoms with E-state index in [1.54, 1.807) is 6.92 Å². The lowest BCUT2D eigenvalue weighted by atomic mass is 9.44. The fourth-order valence-electron chi connectivity index (χ4n) is 11.3. The number of carbonyl (C=O) groups excluding carboxylic acids is 1. The summed E-state index contributed by atoms with van der Waals surface area (Å²) in [5.41, 5.74) is 0.343. The van der Waals surface area contributed by atoms with Gasteiger partial charge in [-0.1, -0.05) is 20.4 Å². The highest BCUT2D eigenvalue weighted by atomic mass is 79.9. The molecule has 0 amide bonds. The number of aliphatic hydroxyl groups excluding tert-OH is 1. The summed E-state index contributed by atoms with van der Waals surface area (Å²) in [5.74, 6) is 2.54. The Hall–Kier alpha value is -0.470. The van der Waals surface area contributed by atoms with Crippen molar-refractivity contribution in [2.45, 2.75) is 103 Å². The molecule has 0 bridgehead atoms. The van der Waals surface area contributed by atoms with Crippen molar-refractivity contribution < 1.29 is 40.8 Å². The molecule has 6 fully saturated rings. The SMILES string of the molecule is C=CC[N+]1(C2CC3C4CCC5CC(O)C(N6CCOCC6)C[C@]5(C)C4CC[C@]3(C)C2OC(C)=O)CCCC1.[Br-]. The van der Waals surface area contributed by atoms with Crippen molar-refractivity contribution in [1.82, 2.24) is 4.90 Å². The fourth-order valence-corrected chi connectivity index (χ4v) is 11.3. The highest BCUT2D eigenvalue weighted by molar-refractivity contribution is 5.66. The van der Waals surface area contributed by atoms with Crippen LogP contribution in [0.4, 0.5) is 0 Å². The van der Waals surface area contributed by atoms with Gasteiger partial charge in [0.1, 0.15) is 6.04 Å². The number of likely N-dealkylation sites (tertiary alicyclic amines) is 1. The number of halogens is 1. The summed E-state index contributed by atoms with van der Waals surface area (Å²) in [6, 6.07) is 0.663. The predicted molar refractivity (Wildman–Crippen MR) is 148 cm³/mol. The summed E-state index contributed by atoms with van der Waals surface area (Å²) in [6.07, 6.45) is 12.7. The lowest BCUT2D eigenvalue weighted by molar-refractivity contribution is -0.937. The first-order valence-electron chi connectivity index (χ1n) is 15.9. The van der Waals surface area contributed by atoms with E-state index in [1.807, 2.05) is 0 Å². The van der Waals surface area contributed by atoms with Gasteiger partial charge in [-0.2, -0.15) is 0 Å². The van der Waals surface area contributed by atoms with E-state index in [1.165, 1.54) is 51.6 Å². The monoisotopic (exact) mass is 608 g/mol. The molecule has 6 aliphatic rings. The van der Waals surface area contributed by atoms with Crippen LogP contribution in [0, 0.1) is 34.5 Å². The van der Waals surface area contributed by atoms with Crippen LogP contribution in [0.15, 0.2) is 12.7 Å². The van der Waals surface area contributed by atoms with Crippen molar-refractivity contribution in [2.75, 3.05) is 45.9 Å². The Morgan fingerprint density at radius 3 is 2.49 bits per heavy atom. The Bertz CT molecular complexity index is 905. The second-order valence-corrected chi connectivity index (χ2v) is 14.6. The average molecular weight is 610 g/mol. The first-order valence-corrected chi connectivity index (χ1v) is 15.9. The third kappa shape index (κ3) is 4.88. The predicted octanol–water partition coefficient (Wildman–Crippen LogP) is 1.41. The molecule has 1 N–H and O–H groups in total. The van der Waals surface area contributed by atoms with Crippen molar-refractivity contribution >= 4 is 5.97 Å². The Morgan fingerprint density at radius 2 is 1.82 bits per heavy atom. The fraction of sp³-hybridized carbons (Fsp3) is 0.906. The van der Waals surface area contributed by atoms with Crippen LogP contribution in [0.5, 0.6) is 0 Å². The van der Waals surface area contributed by atoms with E-state index in [0.717, 1.165) is 56.6 Å². The first kappa shape index (κ1) is 30.0. The number of hydrogen-bond donors (Lipinski definition) is 1. The Balaban J connectivity index is 0.00000308. The maximum atomic E-state index is 12.5. The molecule has 0 aromatic carbocycles. The minimum atomic E-state index is -0.209. The quantitative estimate of drug-likeness (QED) is 0.291. The van der Waals surface area contributed by atoms with Gasteiger partial charge in [-0.05, 0) is 73.7 Å². The van der Waals surface area contributed by atoms with Crippen molar-refractivity contribution in [2.24, 2.45) is 34.5 Å². The molecule has 0 radical (unpaired) electrons. The summed E-state index contributed by atoms with van der Waals surface area (Å²) in [5, 5.41) is 11.3. The van der Waals surface area contributed by atoms with E-state index in [-0.39, 0.29) is 52.0 Å². The van der Waals surface area contributed by atoms with Gasteiger partial charge in [-0.3, -0.25) is 9.69 Å². The van der Waals surface area contributed by atoms with Crippen LogP contribution in [0.25, 0.3) is 0 Å². The first-order chi connectivity index (χ1) is 18.2. The largest absolute Gasteiger partial charge is 1.00 e. The molecule has 6 rings (SSSR count). The van der Waals surface area contributed by atoms with Gasteiger partial charge in [0.2, 0.25) is 0 Å². The van der Waals surface area contributed by atoms with Crippen molar-refractivity contribution in [3.63, 3.8) is 0 Å². The molecule has 6 nitrogen and oxygen atoms in total. The second kappa shape index (κ2) is 11.3. The number of morpholine rings is 1. The van der Waals surface area contributed by atoms with E-state index in [4.69, 9.17) is 9.47 Å². The van der Waals surface area contributed by atoms with Gasteiger partial charge >= 0.3 is 5.97 Å². The number of ether oxygens (including phenoxy) is 2. The molecule has 222 valence electrons. The van der Waals surface area contributed by atoms with Crippen molar-refractivity contribution in [3.8, 4) is 0 Å². The number of hydrogen-bond acceptors (Lipinski definition) is 5. The Kier molecular flexibility index (Phi) is 8.70. The van der Waals surface area contributed by atoms with Gasteiger partial charge in [0, 0.05) is 50.7 Å². The Morgan fingerprint density at radius 1 is 1.10 bits per heavy atom. The molecule has 0 aromatic heterocycles. The highest BCUT2D eigenvalue weighted by Crippen LogP contribution is 2.67. The van der Waals surface area contributed by atoms with Crippen LogP contribution >= 0.6 is 0 Å². The lowest BCUT2D eigenvalue weighted by Gasteiger charge is -2.62. The topological polar surface area (TPSA) is 59.0 Å². The summed E-state index contributed by atoms with van der Waals surface area (Å²) in [7, 11) is 0. The summed E-state index contributed by atoms with van der Waals surface area (Å²) in [4.78, 5) is 15.0. The summed E-state index contributed by atoms with van der Waals surface area (Å²) >= 11 is 0. The highest BCUT2D eigenvalue weighted by Gasteiger charge is 2.67. The average Bonchev–Trinajstić information content (AvgIpc) is 3.48. The second-order valence-electron chi connectivity index (χ2n) is 14.6. The van der Waals surface area contributed by atoms with Gasteiger partial charge in [0.05, 0.1) is 39.0 Å². The van der Waals surface area contributed by atoms with E-state index in [0.29, 0.717) is 29.7 Å². The number of fused-ring (bicyclic) bond motifs is 5. The number of carbonyl (C=O) groups is 1. The van der Waals surface area contributed by atoms with E-state index in [2.05, 4.69) is 31.4 Å². The van der Waals surface area contributed by atoms with Crippen LogP contribution in [0.1, 0.15) is 78.6 Å². The molecular formula is C32H53BrN2O4. The Labute approximate surface area is 247 Å². The zero-order valence-electron chi connectivity index (χ0n) is 24.7. The number of nitrogens with zero attached hydrogens (tertiary/aromatic N) is 2. The van der Waals surface area contributed by atoms with Crippen LogP contribution in [0.3, 0.4) is 0 Å². The van der Waals surface area contributed by atoms with Gasteiger partial charge < -0.3 is 36.0 Å². The van der Waals surface area contributed by atoms with Crippen LogP contribution in [-0.2, 0) is 14.3 Å².